The Hall–Kier alpha value is -1.69. The molecule has 2 atom stereocenters. The van der Waals surface area contributed by atoms with Crippen LogP contribution in [0.3, 0.4) is 0 Å². The fraction of sp³-hybridized carbons (Fsp3) is 0.438. The van der Waals surface area contributed by atoms with Gasteiger partial charge in [0.05, 0.1) is 30.6 Å². The smallest absolute Gasteiger partial charge is 0.0674 e. The number of morpholine rings is 1. The van der Waals surface area contributed by atoms with E-state index < -0.39 is 0 Å². The largest absolute Gasteiger partial charge is 0.376 e. The van der Waals surface area contributed by atoms with Crippen LogP contribution in [0, 0.1) is 0 Å². The second kappa shape index (κ2) is 6.39. The lowest BCUT2D eigenvalue weighted by Crippen LogP contribution is -2.45. The minimum Gasteiger partial charge on any atom is -0.376 e. The van der Waals surface area contributed by atoms with Gasteiger partial charge in [-0.2, -0.15) is 5.10 Å². The number of nitrogens with zero attached hydrogens (tertiary/aromatic N) is 3. The molecule has 2 aromatic rings. The molecule has 5 heteroatoms. The van der Waals surface area contributed by atoms with E-state index in [1.54, 1.807) is 0 Å². The minimum atomic E-state index is 0.203. The van der Waals surface area contributed by atoms with Crippen LogP contribution in [-0.4, -0.2) is 47.0 Å². The van der Waals surface area contributed by atoms with Gasteiger partial charge in [0, 0.05) is 31.4 Å². The van der Waals surface area contributed by atoms with Crippen molar-refractivity contribution in [2.45, 2.75) is 19.1 Å². The summed E-state index contributed by atoms with van der Waals surface area (Å²) >= 11 is 0. The van der Waals surface area contributed by atoms with Crippen LogP contribution in [-0.2, 0) is 4.74 Å². The maximum absolute atomic E-state index is 6.01. The molecule has 0 saturated carbocycles. The van der Waals surface area contributed by atoms with E-state index >= 15 is 0 Å². The molecule has 0 aliphatic carbocycles. The molecule has 1 aliphatic rings. The predicted molar refractivity (Wildman–Crippen MR) is 82.3 cm³/mol. The van der Waals surface area contributed by atoms with Crippen molar-refractivity contribution in [3.8, 4) is 5.69 Å². The minimum absolute atomic E-state index is 0.203. The molecule has 3 rings (SSSR count). The molecule has 1 fully saturated rings. The Kier molecular flexibility index (Phi) is 4.34. The number of hydrogen-bond acceptors (Lipinski definition) is 4. The summed E-state index contributed by atoms with van der Waals surface area (Å²) < 4.78 is 7.51. The third-order valence-corrected chi connectivity index (χ3v) is 3.94. The van der Waals surface area contributed by atoms with Crippen molar-refractivity contribution < 1.29 is 4.74 Å². The van der Waals surface area contributed by atoms with E-state index in [0.29, 0.717) is 6.54 Å². The topological polar surface area (TPSA) is 56.3 Å². The zero-order valence-electron chi connectivity index (χ0n) is 12.4. The van der Waals surface area contributed by atoms with Crippen molar-refractivity contribution in [1.82, 2.24) is 14.7 Å². The van der Waals surface area contributed by atoms with Crippen molar-refractivity contribution in [2.75, 3.05) is 26.2 Å². The summed E-state index contributed by atoms with van der Waals surface area (Å²) in [6.45, 7) is 5.30. The Labute approximate surface area is 125 Å². The van der Waals surface area contributed by atoms with Gasteiger partial charge >= 0.3 is 0 Å². The van der Waals surface area contributed by atoms with Gasteiger partial charge in [-0.15, -0.1) is 0 Å². The molecule has 1 aromatic heterocycles. The summed E-state index contributed by atoms with van der Waals surface area (Å²) in [5.74, 6) is 0. The normalized spacial score (nSPS) is 21.3. The Morgan fingerprint density at radius 2 is 2.19 bits per heavy atom. The van der Waals surface area contributed by atoms with E-state index in [2.05, 4.69) is 23.1 Å². The van der Waals surface area contributed by atoms with Gasteiger partial charge in [0.1, 0.15) is 0 Å². The molecule has 0 radical (unpaired) electrons. The maximum Gasteiger partial charge on any atom is 0.0674 e. The SMILES string of the molecule is CC1CN(C(CN)c2cnn(-c3ccccc3)c2)CCO1. The van der Waals surface area contributed by atoms with Crippen molar-refractivity contribution in [3.05, 3.63) is 48.3 Å². The molecule has 1 saturated heterocycles. The van der Waals surface area contributed by atoms with Crippen LogP contribution in [0.4, 0.5) is 0 Å². The van der Waals surface area contributed by atoms with Crippen LogP contribution in [0.5, 0.6) is 0 Å². The summed E-state index contributed by atoms with van der Waals surface area (Å²) in [7, 11) is 0. The zero-order chi connectivity index (χ0) is 14.7. The van der Waals surface area contributed by atoms with Crippen LogP contribution in [0.15, 0.2) is 42.7 Å². The van der Waals surface area contributed by atoms with Crippen LogP contribution in [0.25, 0.3) is 5.69 Å². The van der Waals surface area contributed by atoms with E-state index in [0.717, 1.165) is 30.9 Å². The molecule has 21 heavy (non-hydrogen) atoms. The molecular formula is C16H22N4O. The zero-order valence-corrected chi connectivity index (χ0v) is 12.4. The molecule has 1 aliphatic heterocycles. The highest BCUT2D eigenvalue weighted by Gasteiger charge is 2.25. The molecule has 0 amide bonds. The van der Waals surface area contributed by atoms with Gasteiger partial charge in [-0.1, -0.05) is 18.2 Å². The average Bonchev–Trinajstić information content (AvgIpc) is 2.99. The predicted octanol–water partition coefficient (Wildman–Crippen LogP) is 1.59. The standard InChI is InChI=1S/C16H22N4O/c1-13-11-19(7-8-21-13)16(9-17)14-10-18-20(12-14)15-5-3-2-4-6-15/h2-6,10,12-13,16H,7-9,11,17H2,1H3. The highest BCUT2D eigenvalue weighted by Crippen LogP contribution is 2.22. The molecule has 0 bridgehead atoms. The maximum atomic E-state index is 6.01. The molecule has 2 N–H and O–H groups in total. The number of ether oxygens (including phenoxy) is 1. The van der Waals surface area contributed by atoms with Gasteiger partial charge < -0.3 is 10.5 Å². The van der Waals surface area contributed by atoms with Crippen molar-refractivity contribution in [1.29, 1.82) is 0 Å². The van der Waals surface area contributed by atoms with Gasteiger partial charge in [-0.05, 0) is 19.1 Å². The number of nitrogens with two attached hydrogens (primary N) is 1. The first-order valence-corrected chi connectivity index (χ1v) is 7.43. The third kappa shape index (κ3) is 3.15. The molecule has 2 heterocycles. The first kappa shape index (κ1) is 14.3. The Morgan fingerprint density at radius 1 is 1.38 bits per heavy atom. The molecule has 5 nitrogen and oxygen atoms in total. The first-order chi connectivity index (χ1) is 10.3. The lowest BCUT2D eigenvalue weighted by Gasteiger charge is -2.36. The highest BCUT2D eigenvalue weighted by molar-refractivity contribution is 5.31. The molecule has 112 valence electrons. The Balaban J connectivity index is 1.80. The van der Waals surface area contributed by atoms with Crippen LogP contribution in [0.2, 0.25) is 0 Å². The number of aromatic nitrogens is 2. The monoisotopic (exact) mass is 286 g/mol. The molecule has 2 unspecified atom stereocenters. The van der Waals surface area contributed by atoms with E-state index in [1.807, 2.05) is 41.2 Å². The summed E-state index contributed by atoms with van der Waals surface area (Å²) in [5.41, 5.74) is 8.24. The van der Waals surface area contributed by atoms with Gasteiger partial charge in [0.25, 0.3) is 0 Å². The average molecular weight is 286 g/mol. The summed E-state index contributed by atoms with van der Waals surface area (Å²) in [6.07, 6.45) is 4.26. The van der Waals surface area contributed by atoms with Gasteiger partial charge in [-0.3, -0.25) is 4.90 Å². The Morgan fingerprint density at radius 3 is 2.90 bits per heavy atom. The number of benzene rings is 1. The van der Waals surface area contributed by atoms with Crippen LogP contribution < -0.4 is 5.73 Å². The van der Waals surface area contributed by atoms with Crippen LogP contribution >= 0.6 is 0 Å². The molecule has 1 aromatic carbocycles. The second-order valence-electron chi connectivity index (χ2n) is 5.48. The summed E-state index contributed by atoms with van der Waals surface area (Å²) in [4.78, 5) is 2.39. The molecular weight excluding hydrogens is 264 g/mol. The highest BCUT2D eigenvalue weighted by atomic mass is 16.5. The third-order valence-electron chi connectivity index (χ3n) is 3.94. The lowest BCUT2D eigenvalue weighted by atomic mass is 10.1. The van der Waals surface area contributed by atoms with E-state index in [-0.39, 0.29) is 12.1 Å². The van der Waals surface area contributed by atoms with Crippen molar-refractivity contribution >= 4 is 0 Å². The van der Waals surface area contributed by atoms with E-state index in [1.165, 1.54) is 0 Å². The summed E-state index contributed by atoms with van der Waals surface area (Å²) in [6, 6.07) is 10.3. The van der Waals surface area contributed by atoms with Crippen LogP contribution in [0.1, 0.15) is 18.5 Å². The fourth-order valence-corrected chi connectivity index (χ4v) is 2.86. The number of hydrogen-bond donors (Lipinski definition) is 1. The fourth-order valence-electron chi connectivity index (χ4n) is 2.86. The van der Waals surface area contributed by atoms with Gasteiger partial charge in [0.15, 0.2) is 0 Å². The van der Waals surface area contributed by atoms with Crippen molar-refractivity contribution in [3.63, 3.8) is 0 Å². The molecule has 0 spiro atoms. The van der Waals surface area contributed by atoms with Gasteiger partial charge in [-0.25, -0.2) is 4.68 Å². The number of para-hydroxylation sites is 1. The number of rotatable bonds is 4. The van der Waals surface area contributed by atoms with Gasteiger partial charge in [0.2, 0.25) is 0 Å². The van der Waals surface area contributed by atoms with E-state index in [9.17, 15) is 0 Å². The quantitative estimate of drug-likeness (QED) is 0.927. The first-order valence-electron chi connectivity index (χ1n) is 7.43. The van der Waals surface area contributed by atoms with E-state index in [4.69, 9.17) is 10.5 Å². The summed E-state index contributed by atoms with van der Waals surface area (Å²) in [5, 5.41) is 4.47. The Bertz CT molecular complexity index is 569. The lowest BCUT2D eigenvalue weighted by molar-refractivity contribution is -0.0333. The van der Waals surface area contributed by atoms with Crippen molar-refractivity contribution in [2.24, 2.45) is 5.73 Å². The second-order valence-corrected chi connectivity index (χ2v) is 5.48.